The number of carbonyl (C=O) groups excluding carboxylic acids is 6. The number of phosphoric ester groups is 1. The van der Waals surface area contributed by atoms with Gasteiger partial charge in [0, 0.05) is 44.2 Å². The fourth-order valence-corrected chi connectivity index (χ4v) is 7.60. The van der Waals surface area contributed by atoms with Crippen LogP contribution in [0.15, 0.2) is 48.0 Å². The average Bonchev–Trinajstić information content (AvgIpc) is 3.90. The summed E-state index contributed by atoms with van der Waals surface area (Å²) in [6.07, 6.45) is 7.51. The van der Waals surface area contributed by atoms with E-state index in [9.17, 15) is 48.2 Å². The number of rotatable bonds is 27. The van der Waals surface area contributed by atoms with E-state index in [4.69, 9.17) is 10.6 Å². The van der Waals surface area contributed by atoms with Crippen molar-refractivity contribution in [3.63, 3.8) is 0 Å². The number of aromatic nitrogens is 2. The second-order valence-electron chi connectivity index (χ2n) is 16.0. The molecule has 1 unspecified atom stereocenters. The van der Waals surface area contributed by atoms with Gasteiger partial charge in [0.05, 0.1) is 25.3 Å². The number of hydrogen-bond donors (Lipinski definition) is 8. The lowest BCUT2D eigenvalue weighted by molar-refractivity contribution is -0.139. The lowest BCUT2D eigenvalue weighted by Crippen LogP contribution is -2.61. The number of benzene rings is 1. The fourth-order valence-electron chi connectivity index (χ4n) is 7.05. The number of nitrogens with two attached hydrogens (primary N) is 1. The Morgan fingerprint density at radius 2 is 1.59 bits per heavy atom. The number of phosphoric acid groups is 1. The predicted molar refractivity (Wildman–Crippen MR) is 230 cm³/mol. The molecule has 1 aromatic carbocycles. The van der Waals surface area contributed by atoms with Crippen LogP contribution in [0.3, 0.4) is 0 Å². The number of likely N-dealkylation sites (tertiary alicyclic amines) is 1. The normalized spacial score (nSPS) is 17.0. The number of nitrogens with one attached hydrogen (secondary N) is 4. The van der Waals surface area contributed by atoms with E-state index in [1.54, 1.807) is 12.5 Å². The number of hydrogen-bond acceptors (Lipinski definition) is 12. The fraction of sp³-hybridized carbons (Fsp3) is 0.610. The van der Waals surface area contributed by atoms with Crippen molar-refractivity contribution < 1.29 is 57.6 Å². The number of aliphatic hydroxyl groups is 1. The Hall–Kier alpha value is -5.21. The minimum absolute atomic E-state index is 0.0949. The summed E-state index contributed by atoms with van der Waals surface area (Å²) in [4.78, 5) is 109. The molecule has 0 radical (unpaired) electrons. The zero-order chi connectivity index (χ0) is 46.7. The highest BCUT2D eigenvalue weighted by Crippen LogP contribution is 2.38. The highest BCUT2D eigenvalue weighted by molar-refractivity contribution is 7.46. The molecular weight excluding hydrogens is 841 g/mol. The van der Waals surface area contributed by atoms with Crippen LogP contribution >= 0.6 is 7.82 Å². The summed E-state index contributed by atoms with van der Waals surface area (Å²) >= 11 is 0. The maximum Gasteiger partial charge on any atom is 0.469 e. The molecule has 63 heavy (non-hydrogen) atoms. The van der Waals surface area contributed by atoms with Crippen molar-refractivity contribution in [1.29, 1.82) is 0 Å². The number of amides is 6. The topological polar surface area (TPSA) is 306 Å². The van der Waals surface area contributed by atoms with E-state index < -0.39 is 80.3 Å². The van der Waals surface area contributed by atoms with Gasteiger partial charge in [0.25, 0.3) is 0 Å². The smallest absolute Gasteiger partial charge is 0.396 e. The Bertz CT molecular complexity index is 1890. The van der Waals surface area contributed by atoms with Crippen molar-refractivity contribution in [3.05, 3.63) is 54.1 Å². The molecule has 21 nitrogen and oxygen atoms in total. The minimum atomic E-state index is -5.12. The lowest BCUT2D eigenvalue weighted by atomic mass is 10.0. The molecule has 6 amide bonds. The molecule has 2 aromatic rings. The van der Waals surface area contributed by atoms with Crippen LogP contribution in [-0.2, 0) is 55.7 Å². The zero-order valence-corrected chi connectivity index (χ0v) is 37.4. The van der Waals surface area contributed by atoms with Crippen molar-refractivity contribution in [2.24, 2.45) is 16.8 Å². The summed E-state index contributed by atoms with van der Waals surface area (Å²) in [5, 5.41) is 24.2. The van der Waals surface area contributed by atoms with Crippen LogP contribution in [0.5, 0.6) is 0 Å². The van der Waals surface area contributed by atoms with Crippen molar-refractivity contribution in [1.82, 2.24) is 35.7 Å². The van der Waals surface area contributed by atoms with Gasteiger partial charge in [-0.2, -0.15) is 0 Å². The molecule has 0 bridgehead atoms. The van der Waals surface area contributed by atoms with E-state index in [1.165, 1.54) is 18.0 Å². The van der Waals surface area contributed by atoms with Crippen molar-refractivity contribution in [2.45, 2.75) is 135 Å². The van der Waals surface area contributed by atoms with Crippen LogP contribution in [-0.4, -0.2) is 127 Å². The first-order valence-electron chi connectivity index (χ1n) is 21.1. The highest BCUT2D eigenvalue weighted by Gasteiger charge is 2.37. The Balaban J connectivity index is 1.73. The number of aryl methyl sites for hydroxylation is 1. The largest absolute Gasteiger partial charge is 0.469 e. The van der Waals surface area contributed by atoms with Crippen LogP contribution in [0.1, 0.15) is 96.7 Å². The van der Waals surface area contributed by atoms with Crippen molar-refractivity contribution in [2.75, 3.05) is 19.8 Å². The summed E-state index contributed by atoms with van der Waals surface area (Å²) in [5.74, 6) is -4.80. The lowest BCUT2D eigenvalue weighted by Gasteiger charge is -2.28. The minimum Gasteiger partial charge on any atom is -0.396 e. The summed E-state index contributed by atoms with van der Waals surface area (Å²) < 4.78 is 17.7. The molecule has 3 rings (SSSR count). The van der Waals surface area contributed by atoms with E-state index in [0.717, 1.165) is 38.2 Å². The third-order valence-corrected chi connectivity index (χ3v) is 11.0. The molecular formula is C41H64N9O12P. The Morgan fingerprint density at radius 3 is 2.22 bits per heavy atom. The number of imidazole rings is 1. The Morgan fingerprint density at radius 1 is 0.937 bits per heavy atom. The summed E-state index contributed by atoms with van der Waals surface area (Å²) in [6.45, 7) is 8.53. The van der Waals surface area contributed by atoms with Crippen LogP contribution in [0, 0.1) is 5.92 Å². The van der Waals surface area contributed by atoms with Gasteiger partial charge in [-0.3, -0.25) is 33.3 Å². The molecule has 1 fully saturated rings. The van der Waals surface area contributed by atoms with Gasteiger partial charge in [-0.15, -0.1) is 0 Å². The van der Waals surface area contributed by atoms with Crippen LogP contribution in [0.4, 0.5) is 0 Å². The molecule has 7 atom stereocenters. The molecule has 1 aliphatic rings. The molecule has 1 saturated heterocycles. The first kappa shape index (κ1) is 52.1. The Labute approximate surface area is 367 Å². The van der Waals surface area contributed by atoms with Gasteiger partial charge < -0.3 is 56.2 Å². The Kier molecular flexibility index (Phi) is 21.3. The SMILES string of the molecule is CC(=O)N1CCC[C@H]1C(=O)N[C@@H](CC(C)C)C(=O)N[C@@H](Cc1cncn1CCCCCCO/N=C/C(C)c1ccccc1)C(=O)N[C@@H](CO)C(=O)N[C@H](C(N)=O)[C@@H](C)OP(=O)(O)O. The molecule has 0 aliphatic carbocycles. The quantitative estimate of drug-likeness (QED) is 0.0266. The highest BCUT2D eigenvalue weighted by atomic mass is 31.2. The molecule has 350 valence electrons. The molecule has 22 heteroatoms. The number of aliphatic hydroxyl groups excluding tert-OH is 1. The average molecular weight is 906 g/mol. The van der Waals surface area contributed by atoms with Crippen LogP contribution in [0.25, 0.3) is 0 Å². The third kappa shape index (κ3) is 17.8. The van der Waals surface area contributed by atoms with Gasteiger partial charge in [-0.05, 0) is 56.9 Å². The zero-order valence-electron chi connectivity index (χ0n) is 36.6. The van der Waals surface area contributed by atoms with Gasteiger partial charge in [0.2, 0.25) is 35.4 Å². The first-order valence-corrected chi connectivity index (χ1v) is 22.7. The first-order chi connectivity index (χ1) is 29.8. The van der Waals surface area contributed by atoms with Gasteiger partial charge in [0.1, 0.15) is 36.8 Å². The standard InChI is InChI=1S/C41H64N9O12P/c1-26(2)20-32(46-41(57)35-16-13-18-50(35)29(5)52)38(54)45-33(39(55)47-34(24-51)40(56)48-36(37(42)53)28(4)62-63(58,59)60)21-31-23-43-25-49(31)17-11-6-7-12-19-61-44-22-27(3)30-14-9-8-10-15-30/h8-10,14-15,22-23,25-28,32-36,51H,6-7,11-13,16-21,24H2,1-5H3,(H2,42,53)(H,45,54)(H,46,57)(H,47,55)(H,48,56)(H2,58,59,60)/b44-22+/t27?,28-,32+,33+,34+,35+,36+/m1/s1. The molecule has 0 saturated carbocycles. The van der Waals surface area contributed by atoms with Gasteiger partial charge in [-0.25, -0.2) is 9.55 Å². The van der Waals surface area contributed by atoms with E-state index in [0.29, 0.717) is 38.2 Å². The summed E-state index contributed by atoms with van der Waals surface area (Å²) in [6, 6.07) is 3.14. The second-order valence-corrected chi connectivity index (χ2v) is 17.2. The second kappa shape index (κ2) is 25.8. The number of nitrogens with zero attached hydrogens (tertiary/aromatic N) is 4. The molecule has 0 spiro atoms. The molecule has 1 aliphatic heterocycles. The predicted octanol–water partition coefficient (Wildman–Crippen LogP) is 0.764. The monoisotopic (exact) mass is 905 g/mol. The number of carbonyl (C=O) groups is 6. The molecule has 9 N–H and O–H groups in total. The van der Waals surface area contributed by atoms with Crippen LogP contribution in [0.2, 0.25) is 0 Å². The maximum atomic E-state index is 14.0. The van der Waals surface area contributed by atoms with E-state index in [-0.39, 0.29) is 30.6 Å². The summed E-state index contributed by atoms with van der Waals surface area (Å²) in [5.41, 5.74) is 7.02. The van der Waals surface area contributed by atoms with Crippen molar-refractivity contribution in [3.8, 4) is 0 Å². The van der Waals surface area contributed by atoms with Gasteiger partial charge in [-0.1, -0.05) is 62.7 Å². The number of primary amides is 1. The molecule has 2 heterocycles. The van der Waals surface area contributed by atoms with E-state index >= 15 is 0 Å². The maximum absolute atomic E-state index is 14.0. The summed E-state index contributed by atoms with van der Waals surface area (Å²) in [7, 11) is -5.12. The van der Waals surface area contributed by atoms with E-state index in [1.807, 2.05) is 55.7 Å². The van der Waals surface area contributed by atoms with Gasteiger partial charge >= 0.3 is 7.82 Å². The molecule has 1 aromatic heterocycles. The van der Waals surface area contributed by atoms with Gasteiger partial charge in [0.15, 0.2) is 0 Å². The van der Waals surface area contributed by atoms with Crippen LogP contribution < -0.4 is 27.0 Å². The van der Waals surface area contributed by atoms with E-state index in [2.05, 4.69) is 35.9 Å². The number of unbranched alkanes of at least 4 members (excludes halogenated alkanes) is 3. The number of oxime groups is 1. The van der Waals surface area contributed by atoms with Crippen molar-refractivity contribution >= 4 is 49.5 Å². The third-order valence-electron chi connectivity index (χ3n) is 10.4.